The summed E-state index contributed by atoms with van der Waals surface area (Å²) in [5.74, 6) is -0.352. The highest BCUT2D eigenvalue weighted by atomic mass is 35.5. The van der Waals surface area contributed by atoms with Crippen molar-refractivity contribution in [3.63, 3.8) is 0 Å². The average molecular weight is 410 g/mol. The number of halogens is 1. The summed E-state index contributed by atoms with van der Waals surface area (Å²) in [6.45, 7) is 2.05. The molecular formula is C21H16ClN3O2S. The molecule has 0 aliphatic rings. The van der Waals surface area contributed by atoms with Crippen LogP contribution in [0.25, 0.3) is 16.6 Å². The second kappa shape index (κ2) is 7.66. The fourth-order valence-corrected chi connectivity index (χ4v) is 4.41. The lowest BCUT2D eigenvalue weighted by atomic mass is 10.2. The second-order valence-electron chi connectivity index (χ2n) is 6.13. The molecular weight excluding hydrogens is 394 g/mol. The Bertz CT molecular complexity index is 1180. The molecule has 0 saturated carbocycles. The maximum Gasteiger partial charge on any atom is 0.337 e. The fourth-order valence-electron chi connectivity index (χ4n) is 3.15. The molecule has 0 unspecified atom stereocenters. The number of rotatable bonds is 4. The zero-order valence-electron chi connectivity index (χ0n) is 15.2. The van der Waals surface area contributed by atoms with Crippen LogP contribution in [0.15, 0.2) is 71.0 Å². The van der Waals surface area contributed by atoms with Crippen LogP contribution < -0.4 is 0 Å². The van der Waals surface area contributed by atoms with Gasteiger partial charge in [0.2, 0.25) is 0 Å². The predicted octanol–water partition coefficient (Wildman–Crippen LogP) is 5.32. The minimum atomic E-state index is -0.352. The number of aromatic nitrogens is 3. The van der Waals surface area contributed by atoms with Crippen molar-refractivity contribution in [1.29, 1.82) is 0 Å². The van der Waals surface area contributed by atoms with E-state index in [1.54, 1.807) is 30.2 Å². The number of carbonyl (C=O) groups excluding carboxylic acids is 1. The SMILES string of the molecule is COC(=O)c1cccc(Sc2c(C)n(-c3cncnc3)c3cc(Cl)ccc23)c1. The maximum absolute atomic E-state index is 11.9. The molecule has 2 aromatic heterocycles. The van der Waals surface area contributed by atoms with Crippen LogP contribution in [0.5, 0.6) is 0 Å². The highest BCUT2D eigenvalue weighted by Crippen LogP contribution is 2.40. The number of benzene rings is 2. The summed E-state index contributed by atoms with van der Waals surface area (Å²) in [6.07, 6.45) is 5.05. The Kier molecular flexibility index (Phi) is 5.07. The standard InChI is InChI=1S/C21H16ClN3O2S/c1-13-20(28-17-5-3-4-14(8-17)21(26)27-2)18-7-6-15(22)9-19(18)25(13)16-10-23-12-24-11-16/h3-12H,1-2H3. The molecule has 4 aromatic rings. The number of ether oxygens (including phenoxy) is 1. The summed E-state index contributed by atoms with van der Waals surface area (Å²) in [4.78, 5) is 22.2. The van der Waals surface area contributed by atoms with Crippen molar-refractivity contribution in [2.45, 2.75) is 16.7 Å². The van der Waals surface area contributed by atoms with Crippen molar-refractivity contribution in [3.8, 4) is 5.69 Å². The highest BCUT2D eigenvalue weighted by molar-refractivity contribution is 7.99. The van der Waals surface area contributed by atoms with Gasteiger partial charge in [0.1, 0.15) is 6.33 Å². The number of carbonyl (C=O) groups is 1. The van der Waals surface area contributed by atoms with E-state index in [9.17, 15) is 4.79 Å². The number of nitrogens with zero attached hydrogens (tertiary/aromatic N) is 3. The van der Waals surface area contributed by atoms with E-state index in [0.29, 0.717) is 10.6 Å². The van der Waals surface area contributed by atoms with E-state index in [0.717, 1.165) is 32.1 Å². The summed E-state index contributed by atoms with van der Waals surface area (Å²) in [6, 6.07) is 13.2. The molecule has 0 bridgehead atoms. The van der Waals surface area contributed by atoms with Gasteiger partial charge in [0, 0.05) is 25.9 Å². The first-order chi connectivity index (χ1) is 13.6. The van der Waals surface area contributed by atoms with E-state index in [4.69, 9.17) is 16.3 Å². The number of methoxy groups -OCH3 is 1. The zero-order valence-corrected chi connectivity index (χ0v) is 16.8. The first kappa shape index (κ1) is 18.5. The molecule has 5 nitrogen and oxygen atoms in total. The Labute approximate surface area is 171 Å². The molecule has 140 valence electrons. The van der Waals surface area contributed by atoms with E-state index < -0.39 is 0 Å². The van der Waals surface area contributed by atoms with Gasteiger partial charge in [0.25, 0.3) is 0 Å². The molecule has 0 atom stereocenters. The topological polar surface area (TPSA) is 57.0 Å². The Hall–Kier alpha value is -2.83. The molecule has 0 amide bonds. The molecule has 4 rings (SSSR count). The van der Waals surface area contributed by atoms with Crippen molar-refractivity contribution < 1.29 is 9.53 Å². The summed E-state index contributed by atoms with van der Waals surface area (Å²) < 4.78 is 6.92. The van der Waals surface area contributed by atoms with Crippen LogP contribution in [0.3, 0.4) is 0 Å². The molecule has 0 radical (unpaired) electrons. The highest BCUT2D eigenvalue weighted by Gasteiger charge is 2.18. The van der Waals surface area contributed by atoms with Crippen LogP contribution >= 0.6 is 23.4 Å². The molecule has 0 saturated heterocycles. The number of hydrogen-bond acceptors (Lipinski definition) is 5. The van der Waals surface area contributed by atoms with E-state index in [-0.39, 0.29) is 5.97 Å². The normalized spacial score (nSPS) is 11.0. The first-order valence-corrected chi connectivity index (χ1v) is 9.70. The van der Waals surface area contributed by atoms with E-state index in [1.165, 1.54) is 13.4 Å². The number of hydrogen-bond donors (Lipinski definition) is 0. The Morgan fingerprint density at radius 1 is 1.14 bits per heavy atom. The van der Waals surface area contributed by atoms with Gasteiger partial charge < -0.3 is 9.30 Å². The van der Waals surface area contributed by atoms with Crippen molar-refractivity contribution in [2.75, 3.05) is 7.11 Å². The van der Waals surface area contributed by atoms with Crippen molar-refractivity contribution in [2.24, 2.45) is 0 Å². The van der Waals surface area contributed by atoms with Gasteiger partial charge in [0.15, 0.2) is 0 Å². The quantitative estimate of drug-likeness (QED) is 0.427. The molecule has 2 aromatic carbocycles. The minimum Gasteiger partial charge on any atom is -0.465 e. The molecule has 0 aliphatic carbocycles. The Morgan fingerprint density at radius 3 is 2.68 bits per heavy atom. The van der Waals surface area contributed by atoms with Gasteiger partial charge in [-0.3, -0.25) is 0 Å². The van der Waals surface area contributed by atoms with Gasteiger partial charge in [-0.25, -0.2) is 14.8 Å². The lowest BCUT2D eigenvalue weighted by molar-refractivity contribution is 0.0600. The monoisotopic (exact) mass is 409 g/mol. The van der Waals surface area contributed by atoms with Crippen LogP contribution in [0, 0.1) is 6.92 Å². The van der Waals surface area contributed by atoms with Gasteiger partial charge in [0.05, 0.1) is 36.3 Å². The number of esters is 1. The van der Waals surface area contributed by atoms with Gasteiger partial charge >= 0.3 is 5.97 Å². The van der Waals surface area contributed by atoms with Crippen molar-refractivity contribution >= 4 is 40.2 Å². The molecule has 0 aliphatic heterocycles. The number of fused-ring (bicyclic) bond motifs is 1. The molecule has 28 heavy (non-hydrogen) atoms. The lowest BCUT2D eigenvalue weighted by Gasteiger charge is -2.08. The zero-order chi connectivity index (χ0) is 19.7. The molecule has 0 spiro atoms. The van der Waals surface area contributed by atoms with Crippen molar-refractivity contribution in [3.05, 3.63) is 77.5 Å². The van der Waals surface area contributed by atoms with Gasteiger partial charge in [-0.1, -0.05) is 35.5 Å². The van der Waals surface area contributed by atoms with Crippen LogP contribution in [-0.4, -0.2) is 27.6 Å². The summed E-state index contributed by atoms with van der Waals surface area (Å²) in [5.41, 5.74) is 3.41. The molecule has 2 heterocycles. The van der Waals surface area contributed by atoms with Crippen LogP contribution in [0.2, 0.25) is 5.02 Å². The maximum atomic E-state index is 11.9. The average Bonchev–Trinajstić information content (AvgIpc) is 2.99. The molecule has 0 fully saturated rings. The van der Waals surface area contributed by atoms with E-state index >= 15 is 0 Å². The third kappa shape index (κ3) is 3.37. The van der Waals surface area contributed by atoms with Gasteiger partial charge in [-0.2, -0.15) is 0 Å². The molecule has 7 heteroatoms. The summed E-state index contributed by atoms with van der Waals surface area (Å²) in [7, 11) is 1.38. The van der Waals surface area contributed by atoms with Crippen molar-refractivity contribution in [1.82, 2.24) is 14.5 Å². The van der Waals surface area contributed by atoms with Crippen LogP contribution in [-0.2, 0) is 4.74 Å². The first-order valence-electron chi connectivity index (χ1n) is 8.50. The Balaban J connectivity index is 1.87. The fraction of sp³-hybridized carbons (Fsp3) is 0.0952. The van der Waals surface area contributed by atoms with Crippen LogP contribution in [0.1, 0.15) is 16.1 Å². The molecule has 0 N–H and O–H groups in total. The summed E-state index contributed by atoms with van der Waals surface area (Å²) >= 11 is 7.86. The smallest absolute Gasteiger partial charge is 0.337 e. The van der Waals surface area contributed by atoms with Gasteiger partial charge in [-0.15, -0.1) is 0 Å². The van der Waals surface area contributed by atoms with E-state index in [1.807, 2.05) is 43.3 Å². The lowest BCUT2D eigenvalue weighted by Crippen LogP contribution is -2.00. The van der Waals surface area contributed by atoms with Gasteiger partial charge in [-0.05, 0) is 37.3 Å². The minimum absolute atomic E-state index is 0.352. The predicted molar refractivity (Wildman–Crippen MR) is 111 cm³/mol. The third-order valence-electron chi connectivity index (χ3n) is 4.39. The largest absolute Gasteiger partial charge is 0.465 e. The van der Waals surface area contributed by atoms with E-state index in [2.05, 4.69) is 14.5 Å². The Morgan fingerprint density at radius 2 is 1.93 bits per heavy atom. The van der Waals surface area contributed by atoms with Crippen LogP contribution in [0.4, 0.5) is 0 Å². The third-order valence-corrected chi connectivity index (χ3v) is 5.83. The second-order valence-corrected chi connectivity index (χ2v) is 7.65. The summed E-state index contributed by atoms with van der Waals surface area (Å²) in [5, 5.41) is 1.73.